The lowest BCUT2D eigenvalue weighted by atomic mass is 10.0. The summed E-state index contributed by atoms with van der Waals surface area (Å²) >= 11 is 6.05. The summed E-state index contributed by atoms with van der Waals surface area (Å²) in [6.45, 7) is 1.64. The molecule has 0 saturated carbocycles. The van der Waals surface area contributed by atoms with Crippen molar-refractivity contribution in [2.45, 2.75) is 13.0 Å². The molecule has 0 radical (unpaired) electrons. The van der Waals surface area contributed by atoms with Gasteiger partial charge in [0.05, 0.1) is 5.71 Å². The van der Waals surface area contributed by atoms with Gasteiger partial charge in [-0.25, -0.2) is 0 Å². The number of carbonyl (C=O) groups excluding carboxylic acids is 1. The normalized spacial score (nSPS) is 13.0. The third-order valence-corrected chi connectivity index (χ3v) is 3.29. The Labute approximate surface area is 128 Å². The fourth-order valence-corrected chi connectivity index (χ4v) is 2.06. The van der Waals surface area contributed by atoms with Crippen molar-refractivity contribution < 1.29 is 4.79 Å². The number of anilines is 1. The number of carbonyl (C=O) groups is 1. The fourth-order valence-electron chi connectivity index (χ4n) is 1.89. The van der Waals surface area contributed by atoms with E-state index in [1.54, 1.807) is 25.1 Å². The molecule has 2 rings (SSSR count). The van der Waals surface area contributed by atoms with E-state index in [0.29, 0.717) is 22.0 Å². The molecule has 0 aliphatic heterocycles. The van der Waals surface area contributed by atoms with Crippen molar-refractivity contribution >= 4 is 28.9 Å². The number of nitrogens with zero attached hydrogens (tertiary/aromatic N) is 1. The molecular formula is C16H16ClN3O. The van der Waals surface area contributed by atoms with E-state index < -0.39 is 11.9 Å². The minimum atomic E-state index is -0.654. The first kappa shape index (κ1) is 15.1. The van der Waals surface area contributed by atoms with E-state index in [4.69, 9.17) is 23.1 Å². The van der Waals surface area contributed by atoms with Crippen molar-refractivity contribution in [3.05, 3.63) is 64.7 Å². The molecule has 0 aromatic heterocycles. The minimum Gasteiger partial charge on any atom is -0.398 e. The molecule has 4 N–H and O–H groups in total. The summed E-state index contributed by atoms with van der Waals surface area (Å²) in [6, 6.07) is 14.0. The molecule has 4 nitrogen and oxygen atoms in total. The number of amides is 1. The number of halogens is 1. The molecule has 0 aliphatic carbocycles. The maximum atomic E-state index is 11.3. The quantitative estimate of drug-likeness (QED) is 0.672. The zero-order chi connectivity index (χ0) is 15.4. The van der Waals surface area contributed by atoms with Crippen LogP contribution >= 0.6 is 11.6 Å². The molecule has 1 amide bonds. The second-order valence-corrected chi connectivity index (χ2v) is 5.09. The van der Waals surface area contributed by atoms with Crippen LogP contribution in [0.3, 0.4) is 0 Å². The zero-order valence-electron chi connectivity index (χ0n) is 11.6. The van der Waals surface area contributed by atoms with Crippen LogP contribution in [-0.2, 0) is 4.79 Å². The van der Waals surface area contributed by atoms with Gasteiger partial charge in [-0.2, -0.15) is 0 Å². The van der Waals surface area contributed by atoms with Gasteiger partial charge >= 0.3 is 0 Å². The van der Waals surface area contributed by atoms with Gasteiger partial charge < -0.3 is 11.5 Å². The first-order chi connectivity index (χ1) is 9.99. The van der Waals surface area contributed by atoms with Crippen molar-refractivity contribution in [1.29, 1.82) is 0 Å². The molecule has 1 unspecified atom stereocenters. The summed E-state index contributed by atoms with van der Waals surface area (Å²) in [4.78, 5) is 15.7. The molecule has 108 valence electrons. The highest BCUT2D eigenvalue weighted by molar-refractivity contribution is 6.31. The maximum absolute atomic E-state index is 11.3. The van der Waals surface area contributed by atoms with Crippen LogP contribution in [0, 0.1) is 0 Å². The van der Waals surface area contributed by atoms with E-state index in [1.807, 2.05) is 30.3 Å². The standard InChI is InChI=1S/C16H16ClN3O/c1-10(16(19)21)20-15(11-5-3-2-4-6-11)13-9-12(17)7-8-14(13)18/h2-10H,18H2,1H3,(H2,19,21). The number of aliphatic imine (C=N–C) groups is 1. The molecular weight excluding hydrogens is 286 g/mol. The average molecular weight is 302 g/mol. The predicted molar refractivity (Wildman–Crippen MR) is 86.6 cm³/mol. The van der Waals surface area contributed by atoms with E-state index >= 15 is 0 Å². The van der Waals surface area contributed by atoms with Crippen LogP contribution in [0.5, 0.6) is 0 Å². The van der Waals surface area contributed by atoms with Gasteiger partial charge in [-0.3, -0.25) is 9.79 Å². The summed E-state index contributed by atoms with van der Waals surface area (Å²) in [5.41, 5.74) is 14.0. The van der Waals surface area contributed by atoms with Gasteiger partial charge in [0, 0.05) is 21.8 Å². The van der Waals surface area contributed by atoms with Crippen LogP contribution in [0.4, 0.5) is 5.69 Å². The van der Waals surface area contributed by atoms with E-state index in [-0.39, 0.29) is 0 Å². The highest BCUT2D eigenvalue weighted by Crippen LogP contribution is 2.22. The molecule has 0 saturated heterocycles. The number of hydrogen-bond donors (Lipinski definition) is 2. The van der Waals surface area contributed by atoms with Crippen molar-refractivity contribution in [1.82, 2.24) is 0 Å². The highest BCUT2D eigenvalue weighted by atomic mass is 35.5. The van der Waals surface area contributed by atoms with Crippen molar-refractivity contribution in [2.24, 2.45) is 10.7 Å². The Balaban J connectivity index is 2.61. The van der Waals surface area contributed by atoms with Gasteiger partial charge in [0.25, 0.3) is 0 Å². The Bertz CT molecular complexity index is 683. The van der Waals surface area contributed by atoms with Gasteiger partial charge in [-0.05, 0) is 25.1 Å². The molecule has 2 aromatic carbocycles. The summed E-state index contributed by atoms with van der Waals surface area (Å²) in [5.74, 6) is -0.496. The lowest BCUT2D eigenvalue weighted by Gasteiger charge is -2.12. The summed E-state index contributed by atoms with van der Waals surface area (Å²) in [5, 5.41) is 0.551. The number of primary amides is 1. The number of benzene rings is 2. The molecule has 5 heteroatoms. The smallest absolute Gasteiger partial charge is 0.241 e. The van der Waals surface area contributed by atoms with Crippen molar-refractivity contribution in [3.63, 3.8) is 0 Å². The van der Waals surface area contributed by atoms with Crippen LogP contribution in [0.1, 0.15) is 18.1 Å². The van der Waals surface area contributed by atoms with Gasteiger partial charge in [0.1, 0.15) is 6.04 Å². The largest absolute Gasteiger partial charge is 0.398 e. The lowest BCUT2D eigenvalue weighted by Crippen LogP contribution is -2.25. The molecule has 0 aliphatic rings. The van der Waals surface area contributed by atoms with Crippen LogP contribution in [0.15, 0.2) is 53.5 Å². The van der Waals surface area contributed by atoms with Gasteiger partial charge in [-0.15, -0.1) is 0 Å². The topological polar surface area (TPSA) is 81.5 Å². The Kier molecular flexibility index (Phi) is 4.60. The SMILES string of the molecule is CC(N=C(c1ccccc1)c1cc(Cl)ccc1N)C(N)=O. The summed E-state index contributed by atoms with van der Waals surface area (Å²) in [6.07, 6.45) is 0. The molecule has 2 aromatic rings. The van der Waals surface area contributed by atoms with E-state index in [1.165, 1.54) is 0 Å². The Morgan fingerprint density at radius 3 is 2.48 bits per heavy atom. The van der Waals surface area contributed by atoms with Crippen molar-refractivity contribution in [3.8, 4) is 0 Å². The number of nitrogen functional groups attached to an aromatic ring is 1. The maximum Gasteiger partial charge on any atom is 0.241 e. The van der Waals surface area contributed by atoms with Crippen LogP contribution < -0.4 is 11.5 Å². The molecule has 21 heavy (non-hydrogen) atoms. The molecule has 0 fully saturated rings. The predicted octanol–water partition coefficient (Wildman–Crippen LogP) is 2.63. The zero-order valence-corrected chi connectivity index (χ0v) is 12.3. The van der Waals surface area contributed by atoms with Gasteiger partial charge in [-0.1, -0.05) is 41.9 Å². The number of rotatable bonds is 4. The molecule has 0 spiro atoms. The molecule has 1 atom stereocenters. The second-order valence-electron chi connectivity index (χ2n) is 4.65. The van der Waals surface area contributed by atoms with E-state index in [0.717, 1.165) is 5.56 Å². The van der Waals surface area contributed by atoms with Crippen LogP contribution in [-0.4, -0.2) is 17.7 Å². The highest BCUT2D eigenvalue weighted by Gasteiger charge is 2.14. The Morgan fingerprint density at radius 2 is 1.86 bits per heavy atom. The van der Waals surface area contributed by atoms with Gasteiger partial charge in [0.15, 0.2) is 0 Å². The first-order valence-corrected chi connectivity index (χ1v) is 6.84. The summed E-state index contributed by atoms with van der Waals surface area (Å²) in [7, 11) is 0. The third kappa shape index (κ3) is 3.61. The van der Waals surface area contributed by atoms with E-state index in [2.05, 4.69) is 4.99 Å². The fraction of sp³-hybridized carbons (Fsp3) is 0.125. The lowest BCUT2D eigenvalue weighted by molar-refractivity contribution is -0.118. The van der Waals surface area contributed by atoms with Crippen molar-refractivity contribution in [2.75, 3.05) is 5.73 Å². The number of hydrogen-bond acceptors (Lipinski definition) is 3. The number of nitrogens with two attached hydrogens (primary N) is 2. The first-order valence-electron chi connectivity index (χ1n) is 6.47. The molecule has 0 bridgehead atoms. The Hall–Kier alpha value is -2.33. The van der Waals surface area contributed by atoms with E-state index in [9.17, 15) is 4.79 Å². The Morgan fingerprint density at radius 1 is 1.19 bits per heavy atom. The monoisotopic (exact) mass is 301 g/mol. The average Bonchev–Trinajstić information content (AvgIpc) is 2.48. The summed E-state index contributed by atoms with van der Waals surface area (Å²) < 4.78 is 0. The minimum absolute atomic E-state index is 0.496. The van der Waals surface area contributed by atoms with Crippen LogP contribution in [0.25, 0.3) is 0 Å². The van der Waals surface area contributed by atoms with Crippen LogP contribution in [0.2, 0.25) is 5.02 Å². The van der Waals surface area contributed by atoms with Gasteiger partial charge in [0.2, 0.25) is 5.91 Å². The second kappa shape index (κ2) is 6.41. The molecule has 0 heterocycles. The third-order valence-electron chi connectivity index (χ3n) is 3.05.